The van der Waals surface area contributed by atoms with Crippen LogP contribution in [0.15, 0.2) is 30.3 Å². The lowest BCUT2D eigenvalue weighted by Gasteiger charge is -2.07. The lowest BCUT2D eigenvalue weighted by molar-refractivity contribution is 0.0474. The number of carbonyl (C=O) groups is 2. The molecule has 0 atom stereocenters. The molecule has 124 valence electrons. The average molecular weight is 355 g/mol. The third-order valence-electron chi connectivity index (χ3n) is 3.26. The molecule has 3 rings (SSSR count). The van der Waals surface area contributed by atoms with E-state index in [9.17, 15) is 18.4 Å². The van der Waals surface area contributed by atoms with Gasteiger partial charge in [-0.15, -0.1) is 0 Å². The first-order valence-corrected chi connectivity index (χ1v) is 7.08. The van der Waals surface area contributed by atoms with Crippen molar-refractivity contribution in [3.05, 3.63) is 58.1 Å². The summed E-state index contributed by atoms with van der Waals surface area (Å²) in [6.07, 6.45) is 0. The maximum Gasteiger partial charge on any atom is 0.340 e. The molecule has 0 saturated heterocycles. The number of rotatable bonds is 4. The van der Waals surface area contributed by atoms with Crippen molar-refractivity contribution in [2.75, 3.05) is 13.4 Å². The minimum Gasteiger partial charge on any atom is -0.454 e. The standard InChI is InChI=1S/C16H9ClF2O5/c17-10-5-12(19)11(18)4-9(10)16(21)22-6-13(20)8-1-2-14-15(3-8)24-7-23-14/h1-5H,6-7H2. The van der Waals surface area contributed by atoms with Crippen molar-refractivity contribution in [2.24, 2.45) is 0 Å². The highest BCUT2D eigenvalue weighted by molar-refractivity contribution is 6.33. The fraction of sp³-hybridized carbons (Fsp3) is 0.125. The molecule has 24 heavy (non-hydrogen) atoms. The van der Waals surface area contributed by atoms with Gasteiger partial charge < -0.3 is 14.2 Å². The van der Waals surface area contributed by atoms with E-state index in [0.29, 0.717) is 23.6 Å². The summed E-state index contributed by atoms with van der Waals surface area (Å²) in [7, 11) is 0. The Morgan fingerprint density at radius 3 is 2.58 bits per heavy atom. The van der Waals surface area contributed by atoms with Gasteiger partial charge in [0.15, 0.2) is 35.5 Å². The predicted molar refractivity (Wildman–Crippen MR) is 78.5 cm³/mol. The van der Waals surface area contributed by atoms with Crippen molar-refractivity contribution in [1.82, 2.24) is 0 Å². The monoisotopic (exact) mass is 354 g/mol. The van der Waals surface area contributed by atoms with Gasteiger partial charge >= 0.3 is 5.97 Å². The van der Waals surface area contributed by atoms with E-state index < -0.39 is 30.0 Å². The minimum atomic E-state index is -1.24. The Balaban J connectivity index is 1.68. The van der Waals surface area contributed by atoms with E-state index in [0.717, 1.165) is 0 Å². The molecular formula is C16H9ClF2O5. The van der Waals surface area contributed by atoms with Crippen molar-refractivity contribution in [1.29, 1.82) is 0 Å². The van der Waals surface area contributed by atoms with Gasteiger partial charge in [0.1, 0.15) is 0 Å². The largest absolute Gasteiger partial charge is 0.454 e. The molecule has 8 heteroatoms. The van der Waals surface area contributed by atoms with Crippen LogP contribution in [0.4, 0.5) is 8.78 Å². The Bertz CT molecular complexity index is 837. The number of benzene rings is 2. The Hall–Kier alpha value is -2.67. The summed E-state index contributed by atoms with van der Waals surface area (Å²) in [5.41, 5.74) is -0.113. The van der Waals surface area contributed by atoms with E-state index in [1.807, 2.05) is 0 Å². The van der Waals surface area contributed by atoms with Crippen molar-refractivity contribution in [3.8, 4) is 11.5 Å². The topological polar surface area (TPSA) is 61.8 Å². The fourth-order valence-corrected chi connectivity index (χ4v) is 2.27. The average Bonchev–Trinajstić information content (AvgIpc) is 3.03. The van der Waals surface area contributed by atoms with E-state index in [1.165, 1.54) is 12.1 Å². The molecule has 1 aliphatic heterocycles. The number of carbonyl (C=O) groups excluding carboxylic acids is 2. The van der Waals surface area contributed by atoms with Gasteiger partial charge in [-0.1, -0.05) is 11.6 Å². The summed E-state index contributed by atoms with van der Waals surface area (Å²) >= 11 is 5.67. The number of ketones is 1. The highest BCUT2D eigenvalue weighted by atomic mass is 35.5. The Labute approximate surface area is 139 Å². The number of esters is 1. The molecule has 2 aromatic rings. The summed E-state index contributed by atoms with van der Waals surface area (Å²) in [6, 6.07) is 5.79. The number of Topliss-reactive ketones (excluding diaryl/α,β-unsaturated/α-hetero) is 1. The zero-order chi connectivity index (χ0) is 17.3. The van der Waals surface area contributed by atoms with Crippen molar-refractivity contribution in [3.63, 3.8) is 0 Å². The number of hydrogen-bond acceptors (Lipinski definition) is 5. The first-order valence-electron chi connectivity index (χ1n) is 6.70. The van der Waals surface area contributed by atoms with E-state index in [4.69, 9.17) is 25.8 Å². The molecule has 0 N–H and O–H groups in total. The Morgan fingerprint density at radius 2 is 1.79 bits per heavy atom. The van der Waals surface area contributed by atoms with Crippen LogP contribution in [-0.2, 0) is 4.74 Å². The van der Waals surface area contributed by atoms with Crippen LogP contribution in [0.25, 0.3) is 0 Å². The molecule has 0 spiro atoms. The molecule has 5 nitrogen and oxygen atoms in total. The number of hydrogen-bond donors (Lipinski definition) is 0. The lowest BCUT2D eigenvalue weighted by Crippen LogP contribution is -2.15. The third-order valence-corrected chi connectivity index (χ3v) is 3.57. The third kappa shape index (κ3) is 3.16. The molecule has 0 aliphatic carbocycles. The van der Waals surface area contributed by atoms with Gasteiger partial charge in [-0.3, -0.25) is 4.79 Å². The SMILES string of the molecule is O=C(COC(=O)c1cc(F)c(F)cc1Cl)c1ccc2c(c1)OCO2. The van der Waals surface area contributed by atoms with Crippen LogP contribution in [0.5, 0.6) is 11.5 Å². The first-order chi connectivity index (χ1) is 11.5. The van der Waals surface area contributed by atoms with Crippen molar-refractivity contribution >= 4 is 23.4 Å². The zero-order valence-corrected chi connectivity index (χ0v) is 12.7. The highest BCUT2D eigenvalue weighted by Crippen LogP contribution is 2.32. The zero-order valence-electron chi connectivity index (χ0n) is 12.0. The molecule has 1 heterocycles. The van der Waals surface area contributed by atoms with Crippen LogP contribution in [0.3, 0.4) is 0 Å². The molecule has 0 amide bonds. The first kappa shape index (κ1) is 16.2. The van der Waals surface area contributed by atoms with Crippen LogP contribution in [0.2, 0.25) is 5.02 Å². The summed E-state index contributed by atoms with van der Waals surface area (Å²) in [5.74, 6) is -3.04. The summed E-state index contributed by atoms with van der Waals surface area (Å²) in [5, 5.41) is -0.311. The number of fused-ring (bicyclic) bond motifs is 1. The van der Waals surface area contributed by atoms with Gasteiger partial charge in [0.2, 0.25) is 6.79 Å². The second kappa shape index (κ2) is 6.45. The van der Waals surface area contributed by atoms with Crippen LogP contribution < -0.4 is 9.47 Å². The predicted octanol–water partition coefficient (Wildman–Crippen LogP) is 3.39. The number of halogens is 3. The molecule has 0 radical (unpaired) electrons. The summed E-state index contributed by atoms with van der Waals surface area (Å²) < 4.78 is 41.2. The van der Waals surface area contributed by atoms with Crippen molar-refractivity contribution in [2.45, 2.75) is 0 Å². The van der Waals surface area contributed by atoms with E-state index in [2.05, 4.69) is 0 Å². The smallest absolute Gasteiger partial charge is 0.340 e. The quantitative estimate of drug-likeness (QED) is 0.478. The van der Waals surface area contributed by atoms with E-state index >= 15 is 0 Å². The maximum absolute atomic E-state index is 13.2. The number of ether oxygens (including phenoxy) is 3. The molecule has 0 saturated carbocycles. The Kier molecular flexibility index (Phi) is 4.35. The van der Waals surface area contributed by atoms with Crippen LogP contribution in [-0.4, -0.2) is 25.2 Å². The van der Waals surface area contributed by atoms with Crippen LogP contribution >= 0.6 is 11.6 Å². The summed E-state index contributed by atoms with van der Waals surface area (Å²) in [4.78, 5) is 23.9. The molecule has 0 unspecified atom stereocenters. The molecule has 0 fully saturated rings. The van der Waals surface area contributed by atoms with Gasteiger partial charge in [-0.25, -0.2) is 13.6 Å². The van der Waals surface area contributed by atoms with Gasteiger partial charge in [0, 0.05) is 5.56 Å². The summed E-state index contributed by atoms with van der Waals surface area (Å²) in [6.45, 7) is -0.523. The van der Waals surface area contributed by atoms with E-state index in [1.54, 1.807) is 6.07 Å². The molecular weight excluding hydrogens is 346 g/mol. The molecule has 0 bridgehead atoms. The van der Waals surface area contributed by atoms with Crippen molar-refractivity contribution < 1.29 is 32.6 Å². The van der Waals surface area contributed by atoms with Crippen LogP contribution in [0, 0.1) is 11.6 Å². The van der Waals surface area contributed by atoms with Gasteiger partial charge in [0.25, 0.3) is 0 Å². The normalized spacial score (nSPS) is 12.1. The van der Waals surface area contributed by atoms with Crippen LogP contribution in [0.1, 0.15) is 20.7 Å². The molecule has 1 aliphatic rings. The Morgan fingerprint density at radius 1 is 1.08 bits per heavy atom. The molecule has 2 aromatic carbocycles. The van der Waals surface area contributed by atoms with E-state index in [-0.39, 0.29) is 22.9 Å². The lowest BCUT2D eigenvalue weighted by atomic mass is 10.1. The van der Waals surface area contributed by atoms with Gasteiger partial charge in [-0.05, 0) is 30.3 Å². The highest BCUT2D eigenvalue weighted by Gasteiger charge is 2.20. The second-order valence-electron chi connectivity index (χ2n) is 4.81. The maximum atomic E-state index is 13.2. The second-order valence-corrected chi connectivity index (χ2v) is 5.22. The van der Waals surface area contributed by atoms with Gasteiger partial charge in [0.05, 0.1) is 10.6 Å². The molecule has 0 aromatic heterocycles. The minimum absolute atomic E-state index is 0.0661. The van der Waals surface area contributed by atoms with Gasteiger partial charge in [-0.2, -0.15) is 0 Å². The fourth-order valence-electron chi connectivity index (χ4n) is 2.04.